The lowest BCUT2D eigenvalue weighted by atomic mass is 9.88. The fraction of sp³-hybridized carbons (Fsp3) is 0.600. The molecule has 0 heterocycles. The van der Waals surface area contributed by atoms with Gasteiger partial charge in [0.25, 0.3) is 0 Å². The Morgan fingerprint density at radius 3 is 1.97 bits per heavy atom. The molecular formula is C25H37NO8. The smallest absolute Gasteiger partial charge is 0.326 e. The van der Waals surface area contributed by atoms with Gasteiger partial charge in [0.2, 0.25) is 0 Å². The summed E-state index contributed by atoms with van der Waals surface area (Å²) in [6.45, 7) is 10.3. The SMILES string of the molecule is CC[C@H](C)C(=O)OCCC(N)(Cc1ccc(OC(=O)C(C)C)c(OC(=O)C(C)C)c1)C(=O)OC. The number of hydrogen-bond donors (Lipinski definition) is 1. The second-order valence-electron chi connectivity index (χ2n) is 8.98. The summed E-state index contributed by atoms with van der Waals surface area (Å²) in [4.78, 5) is 48.8. The van der Waals surface area contributed by atoms with Gasteiger partial charge < -0.3 is 24.7 Å². The van der Waals surface area contributed by atoms with Crippen molar-refractivity contribution in [1.82, 2.24) is 0 Å². The van der Waals surface area contributed by atoms with E-state index in [1.165, 1.54) is 19.2 Å². The van der Waals surface area contributed by atoms with Crippen LogP contribution in [0.3, 0.4) is 0 Å². The van der Waals surface area contributed by atoms with Crippen molar-refractivity contribution >= 4 is 23.9 Å². The molecule has 0 saturated carbocycles. The molecule has 0 amide bonds. The zero-order valence-electron chi connectivity index (χ0n) is 21.1. The van der Waals surface area contributed by atoms with Gasteiger partial charge in [0.05, 0.1) is 31.5 Å². The van der Waals surface area contributed by atoms with Crippen LogP contribution in [0.5, 0.6) is 11.5 Å². The highest BCUT2D eigenvalue weighted by Crippen LogP contribution is 2.31. The van der Waals surface area contributed by atoms with Crippen LogP contribution in [0.4, 0.5) is 0 Å². The summed E-state index contributed by atoms with van der Waals surface area (Å²) < 4.78 is 20.9. The quantitative estimate of drug-likeness (QED) is 0.354. The van der Waals surface area contributed by atoms with Crippen LogP contribution in [0.25, 0.3) is 0 Å². The first-order chi connectivity index (χ1) is 15.8. The van der Waals surface area contributed by atoms with Gasteiger partial charge in [-0.05, 0) is 24.1 Å². The lowest BCUT2D eigenvalue weighted by Crippen LogP contribution is -2.51. The van der Waals surface area contributed by atoms with Crippen molar-refractivity contribution in [2.45, 2.75) is 66.3 Å². The maximum atomic E-state index is 12.5. The molecule has 190 valence electrons. The second-order valence-corrected chi connectivity index (χ2v) is 8.98. The molecular weight excluding hydrogens is 442 g/mol. The van der Waals surface area contributed by atoms with Gasteiger partial charge in [-0.2, -0.15) is 0 Å². The maximum absolute atomic E-state index is 12.5. The van der Waals surface area contributed by atoms with Gasteiger partial charge in [-0.1, -0.05) is 47.6 Å². The van der Waals surface area contributed by atoms with Gasteiger partial charge in [-0.3, -0.25) is 19.2 Å². The first-order valence-electron chi connectivity index (χ1n) is 11.4. The molecule has 2 N–H and O–H groups in total. The van der Waals surface area contributed by atoms with E-state index in [4.69, 9.17) is 24.7 Å². The van der Waals surface area contributed by atoms with Crippen LogP contribution in [0.1, 0.15) is 59.9 Å². The van der Waals surface area contributed by atoms with E-state index in [-0.39, 0.29) is 48.8 Å². The molecule has 0 aliphatic rings. The molecule has 0 radical (unpaired) electrons. The summed E-state index contributed by atoms with van der Waals surface area (Å²) in [5.41, 5.74) is 5.42. The topological polar surface area (TPSA) is 131 Å². The number of rotatable bonds is 12. The van der Waals surface area contributed by atoms with E-state index in [9.17, 15) is 19.2 Å². The van der Waals surface area contributed by atoms with E-state index in [1.54, 1.807) is 40.7 Å². The largest absolute Gasteiger partial charge is 0.468 e. The van der Waals surface area contributed by atoms with E-state index in [1.807, 2.05) is 6.92 Å². The Morgan fingerprint density at radius 2 is 1.47 bits per heavy atom. The van der Waals surface area contributed by atoms with Crippen molar-refractivity contribution in [3.63, 3.8) is 0 Å². The molecule has 0 spiro atoms. The number of methoxy groups -OCH3 is 1. The van der Waals surface area contributed by atoms with Gasteiger partial charge in [0.15, 0.2) is 11.5 Å². The molecule has 0 saturated heterocycles. The van der Waals surface area contributed by atoms with E-state index in [0.717, 1.165) is 0 Å². The third-order valence-corrected chi connectivity index (χ3v) is 5.29. The molecule has 0 bridgehead atoms. The van der Waals surface area contributed by atoms with E-state index in [2.05, 4.69) is 0 Å². The molecule has 0 aromatic heterocycles. The standard InChI is InChI=1S/C25H37NO8/c1-8-17(6)23(29)32-12-11-25(26,24(30)31-7)14-18-9-10-19(33-21(27)15(2)3)20(13-18)34-22(28)16(4)5/h9-10,13,15-17H,8,11-12,14,26H2,1-7H3/t17-,25?/m0/s1. The Hall–Kier alpha value is -2.94. The predicted octanol–water partition coefficient (Wildman–Crippen LogP) is 3.20. The fourth-order valence-electron chi connectivity index (χ4n) is 2.75. The number of carbonyl (C=O) groups is 4. The molecule has 0 aliphatic carbocycles. The average Bonchev–Trinajstić information content (AvgIpc) is 2.78. The van der Waals surface area contributed by atoms with Crippen molar-refractivity contribution < 1.29 is 38.1 Å². The van der Waals surface area contributed by atoms with Gasteiger partial charge >= 0.3 is 23.9 Å². The number of carbonyl (C=O) groups excluding carboxylic acids is 4. The molecule has 1 aromatic rings. The van der Waals surface area contributed by atoms with Crippen LogP contribution in [0, 0.1) is 17.8 Å². The Kier molecular flexibility index (Phi) is 11.2. The summed E-state index contributed by atoms with van der Waals surface area (Å²) in [6, 6.07) is 4.60. The zero-order valence-corrected chi connectivity index (χ0v) is 21.1. The minimum absolute atomic E-state index is 0.00515. The average molecular weight is 480 g/mol. The van der Waals surface area contributed by atoms with Crippen LogP contribution < -0.4 is 15.2 Å². The molecule has 9 heteroatoms. The molecule has 2 atom stereocenters. The minimum Gasteiger partial charge on any atom is -0.468 e. The lowest BCUT2D eigenvalue weighted by molar-refractivity contribution is -0.153. The third-order valence-electron chi connectivity index (χ3n) is 5.29. The molecule has 9 nitrogen and oxygen atoms in total. The third kappa shape index (κ3) is 8.44. The summed E-state index contributed by atoms with van der Waals surface area (Å²) in [5, 5.41) is 0. The van der Waals surface area contributed by atoms with Gasteiger partial charge in [0.1, 0.15) is 5.54 Å². The predicted molar refractivity (Wildman–Crippen MR) is 125 cm³/mol. The molecule has 0 aliphatic heterocycles. The number of hydrogen-bond acceptors (Lipinski definition) is 9. The number of nitrogens with two attached hydrogens (primary N) is 1. The number of esters is 4. The minimum atomic E-state index is -1.50. The molecule has 1 unspecified atom stereocenters. The first-order valence-corrected chi connectivity index (χ1v) is 11.4. The van der Waals surface area contributed by atoms with Crippen molar-refractivity contribution in [2.75, 3.05) is 13.7 Å². The molecule has 1 rings (SSSR count). The Balaban J connectivity index is 3.18. The van der Waals surface area contributed by atoms with Crippen LogP contribution in [0.2, 0.25) is 0 Å². The number of ether oxygens (including phenoxy) is 4. The highest BCUT2D eigenvalue weighted by molar-refractivity contribution is 5.81. The van der Waals surface area contributed by atoms with Gasteiger partial charge in [0, 0.05) is 12.8 Å². The van der Waals surface area contributed by atoms with Crippen molar-refractivity contribution in [2.24, 2.45) is 23.5 Å². The van der Waals surface area contributed by atoms with Crippen molar-refractivity contribution in [3.8, 4) is 11.5 Å². The van der Waals surface area contributed by atoms with Crippen LogP contribution in [-0.4, -0.2) is 43.1 Å². The Labute approximate surface area is 201 Å². The first kappa shape index (κ1) is 29.1. The fourth-order valence-corrected chi connectivity index (χ4v) is 2.75. The summed E-state index contributed by atoms with van der Waals surface area (Å²) in [5.74, 6) is -2.98. The maximum Gasteiger partial charge on any atom is 0.326 e. The molecule has 34 heavy (non-hydrogen) atoms. The highest BCUT2D eigenvalue weighted by Gasteiger charge is 2.36. The zero-order chi connectivity index (χ0) is 26.1. The van der Waals surface area contributed by atoms with E-state index >= 15 is 0 Å². The van der Waals surface area contributed by atoms with E-state index in [0.29, 0.717) is 12.0 Å². The summed E-state index contributed by atoms with van der Waals surface area (Å²) >= 11 is 0. The normalized spacial score (nSPS) is 13.7. The van der Waals surface area contributed by atoms with Gasteiger partial charge in [-0.15, -0.1) is 0 Å². The Morgan fingerprint density at radius 1 is 0.912 bits per heavy atom. The van der Waals surface area contributed by atoms with Crippen LogP contribution in [-0.2, 0) is 35.1 Å². The highest BCUT2D eigenvalue weighted by atomic mass is 16.6. The monoisotopic (exact) mass is 479 g/mol. The molecule has 0 fully saturated rings. The van der Waals surface area contributed by atoms with Gasteiger partial charge in [-0.25, -0.2) is 0 Å². The van der Waals surface area contributed by atoms with Crippen molar-refractivity contribution in [1.29, 1.82) is 0 Å². The number of benzene rings is 1. The van der Waals surface area contributed by atoms with Crippen LogP contribution in [0.15, 0.2) is 18.2 Å². The summed E-state index contributed by atoms with van der Waals surface area (Å²) in [6.07, 6.45) is 0.660. The summed E-state index contributed by atoms with van der Waals surface area (Å²) in [7, 11) is 1.22. The lowest BCUT2D eigenvalue weighted by Gasteiger charge is -2.27. The van der Waals surface area contributed by atoms with E-state index < -0.39 is 29.4 Å². The van der Waals surface area contributed by atoms with Crippen LogP contribution >= 0.6 is 0 Å². The second kappa shape index (κ2) is 13.1. The molecule has 1 aromatic carbocycles. The van der Waals surface area contributed by atoms with Crippen molar-refractivity contribution in [3.05, 3.63) is 23.8 Å². The Bertz CT molecular complexity index is 880.